The van der Waals surface area contributed by atoms with Crippen molar-refractivity contribution in [3.63, 3.8) is 0 Å². The monoisotopic (exact) mass is 297 g/mol. The van der Waals surface area contributed by atoms with Crippen molar-refractivity contribution in [2.45, 2.75) is 19.0 Å². The molecule has 0 aliphatic rings. The summed E-state index contributed by atoms with van der Waals surface area (Å²) in [4.78, 5) is 11.2. The Morgan fingerprint density at radius 2 is 1.95 bits per heavy atom. The quantitative estimate of drug-likeness (QED) is 0.518. The van der Waals surface area contributed by atoms with Gasteiger partial charge in [-0.1, -0.05) is 0 Å². The van der Waals surface area contributed by atoms with Crippen LogP contribution in [0.1, 0.15) is 22.8 Å². The lowest BCUT2D eigenvalue weighted by Gasteiger charge is -2.11. The molecular weight excluding hydrogens is 287 g/mol. The minimum Gasteiger partial charge on any atom is -0.376 e. The summed E-state index contributed by atoms with van der Waals surface area (Å²) in [7, 11) is -5.73. The molecule has 0 aliphatic carbocycles. The van der Waals surface area contributed by atoms with Crippen LogP contribution < -0.4 is 9.92 Å². The highest BCUT2D eigenvalue weighted by Crippen LogP contribution is 2.28. The Morgan fingerprint density at radius 3 is 2.37 bits per heavy atom. The van der Waals surface area contributed by atoms with E-state index in [0.717, 1.165) is 18.2 Å². The highest BCUT2D eigenvalue weighted by atomic mass is 32.2. The number of hydrogen-bond acceptors (Lipinski definition) is 5. The molecule has 0 bridgehead atoms. The van der Waals surface area contributed by atoms with Gasteiger partial charge in [0.05, 0.1) is 0 Å². The third kappa shape index (κ3) is 3.44. The standard InChI is InChI=1S/C10H10F3NO4S/c1-6(15)9-3-2-8(4-7(9)5-14)18-19(16,17)10(11,12)13/h2-4H,5,14H2,1H3. The molecule has 0 aliphatic heterocycles. The maximum atomic E-state index is 12.1. The largest absolute Gasteiger partial charge is 0.534 e. The average Bonchev–Trinajstić information content (AvgIpc) is 2.26. The molecule has 5 nitrogen and oxygen atoms in total. The first kappa shape index (κ1) is 15.4. The summed E-state index contributed by atoms with van der Waals surface area (Å²) in [5, 5.41) is 0. The van der Waals surface area contributed by atoms with Gasteiger partial charge in [-0.2, -0.15) is 21.6 Å². The fourth-order valence-electron chi connectivity index (χ4n) is 1.31. The summed E-state index contributed by atoms with van der Waals surface area (Å²) in [6.07, 6.45) is 0. The van der Waals surface area contributed by atoms with Crippen LogP contribution in [0, 0.1) is 0 Å². The van der Waals surface area contributed by atoms with Gasteiger partial charge in [0.2, 0.25) is 0 Å². The average molecular weight is 297 g/mol. The lowest BCUT2D eigenvalue weighted by Crippen LogP contribution is -2.28. The summed E-state index contributed by atoms with van der Waals surface area (Å²) in [5.41, 5.74) is 0.199. The second-order valence-corrected chi connectivity index (χ2v) is 5.10. The third-order valence-electron chi connectivity index (χ3n) is 2.17. The molecule has 0 aromatic heterocycles. The number of benzene rings is 1. The summed E-state index contributed by atoms with van der Waals surface area (Å²) in [6, 6.07) is 3.10. The number of Topliss-reactive ketones (excluding diaryl/α,β-unsaturated/α-hetero) is 1. The van der Waals surface area contributed by atoms with E-state index in [0.29, 0.717) is 0 Å². The van der Waals surface area contributed by atoms with Crippen LogP contribution in [0.4, 0.5) is 13.2 Å². The Labute approximate surface area is 107 Å². The minimum atomic E-state index is -5.73. The van der Waals surface area contributed by atoms with Crippen molar-refractivity contribution in [1.82, 2.24) is 0 Å². The third-order valence-corrected chi connectivity index (χ3v) is 3.14. The van der Waals surface area contributed by atoms with Crippen molar-refractivity contribution in [2.24, 2.45) is 5.73 Å². The van der Waals surface area contributed by atoms with Gasteiger partial charge in [-0.15, -0.1) is 0 Å². The zero-order valence-corrected chi connectivity index (χ0v) is 10.5. The predicted molar refractivity (Wildman–Crippen MR) is 59.9 cm³/mol. The molecule has 1 rings (SSSR count). The first-order valence-corrected chi connectivity index (χ1v) is 6.34. The smallest absolute Gasteiger partial charge is 0.376 e. The summed E-state index contributed by atoms with van der Waals surface area (Å²) < 4.78 is 61.9. The number of alkyl halides is 3. The normalized spacial score (nSPS) is 12.3. The molecule has 0 atom stereocenters. The van der Waals surface area contributed by atoms with Gasteiger partial charge in [0.15, 0.2) is 5.78 Å². The topological polar surface area (TPSA) is 86.5 Å². The minimum absolute atomic E-state index is 0.141. The molecule has 0 saturated heterocycles. The van der Waals surface area contributed by atoms with Gasteiger partial charge < -0.3 is 9.92 Å². The van der Waals surface area contributed by atoms with Crippen molar-refractivity contribution >= 4 is 15.9 Å². The molecule has 0 radical (unpaired) electrons. The maximum absolute atomic E-state index is 12.1. The number of nitrogens with two attached hydrogens (primary N) is 1. The van der Waals surface area contributed by atoms with E-state index in [1.54, 1.807) is 0 Å². The number of halogens is 3. The van der Waals surface area contributed by atoms with E-state index in [2.05, 4.69) is 4.18 Å². The van der Waals surface area contributed by atoms with E-state index in [-0.39, 0.29) is 23.5 Å². The Bertz CT molecular complexity index is 595. The molecule has 1 aromatic carbocycles. The highest BCUT2D eigenvalue weighted by molar-refractivity contribution is 7.87. The molecule has 0 fully saturated rings. The van der Waals surface area contributed by atoms with E-state index in [1.165, 1.54) is 6.92 Å². The van der Waals surface area contributed by atoms with Crippen molar-refractivity contribution in [1.29, 1.82) is 0 Å². The molecule has 9 heteroatoms. The van der Waals surface area contributed by atoms with Gasteiger partial charge in [0, 0.05) is 12.1 Å². The Morgan fingerprint density at radius 1 is 1.37 bits per heavy atom. The van der Waals surface area contributed by atoms with E-state index in [4.69, 9.17) is 5.73 Å². The predicted octanol–water partition coefficient (Wildman–Crippen LogP) is 1.58. The molecule has 0 heterocycles. The number of ketones is 1. The van der Waals surface area contributed by atoms with Crippen molar-refractivity contribution in [3.8, 4) is 5.75 Å². The first-order valence-electron chi connectivity index (χ1n) is 4.93. The molecular formula is C10H10F3NO4S. The summed E-state index contributed by atoms with van der Waals surface area (Å²) in [5.74, 6) is -0.895. The molecule has 0 unspecified atom stereocenters. The van der Waals surface area contributed by atoms with Crippen molar-refractivity contribution in [3.05, 3.63) is 29.3 Å². The SMILES string of the molecule is CC(=O)c1ccc(OS(=O)(=O)C(F)(F)F)cc1CN. The lowest BCUT2D eigenvalue weighted by molar-refractivity contribution is -0.0500. The number of hydrogen-bond donors (Lipinski definition) is 1. The Hall–Kier alpha value is -1.61. The van der Waals surface area contributed by atoms with Gasteiger partial charge in [-0.05, 0) is 30.7 Å². The molecule has 2 N–H and O–H groups in total. The summed E-state index contributed by atoms with van der Waals surface area (Å²) in [6.45, 7) is 1.11. The van der Waals surface area contributed by atoms with Crippen molar-refractivity contribution in [2.75, 3.05) is 0 Å². The lowest BCUT2D eigenvalue weighted by atomic mass is 10.0. The fourth-order valence-corrected chi connectivity index (χ4v) is 1.76. The Balaban J connectivity index is 3.16. The van der Waals surface area contributed by atoms with Crippen LogP contribution in [0.2, 0.25) is 0 Å². The van der Waals surface area contributed by atoms with Gasteiger partial charge in [-0.3, -0.25) is 4.79 Å². The highest BCUT2D eigenvalue weighted by Gasteiger charge is 2.48. The summed E-state index contributed by atoms with van der Waals surface area (Å²) >= 11 is 0. The molecule has 0 amide bonds. The number of carbonyl (C=O) groups is 1. The van der Waals surface area contributed by atoms with Crippen molar-refractivity contribution < 1.29 is 30.6 Å². The van der Waals surface area contributed by atoms with Gasteiger partial charge >= 0.3 is 15.6 Å². The molecule has 0 saturated carbocycles. The van der Waals surface area contributed by atoms with Crippen LogP contribution in [0.15, 0.2) is 18.2 Å². The molecule has 106 valence electrons. The van der Waals surface area contributed by atoms with Gasteiger partial charge in [0.25, 0.3) is 0 Å². The molecule has 19 heavy (non-hydrogen) atoms. The van der Waals surface area contributed by atoms with Crippen LogP contribution >= 0.6 is 0 Å². The van der Waals surface area contributed by atoms with E-state index >= 15 is 0 Å². The van der Waals surface area contributed by atoms with E-state index < -0.39 is 21.4 Å². The maximum Gasteiger partial charge on any atom is 0.534 e. The van der Waals surface area contributed by atoms with Gasteiger partial charge in [-0.25, -0.2) is 0 Å². The van der Waals surface area contributed by atoms with Crippen LogP contribution in [0.3, 0.4) is 0 Å². The second-order valence-electron chi connectivity index (χ2n) is 3.56. The molecule has 0 spiro atoms. The zero-order chi connectivity index (χ0) is 14.8. The van der Waals surface area contributed by atoms with Crippen LogP contribution in [0.25, 0.3) is 0 Å². The fraction of sp³-hybridized carbons (Fsp3) is 0.300. The van der Waals surface area contributed by atoms with Crippen LogP contribution in [0.5, 0.6) is 5.75 Å². The van der Waals surface area contributed by atoms with E-state index in [9.17, 15) is 26.4 Å². The number of rotatable bonds is 4. The first-order chi connectivity index (χ1) is 8.58. The van der Waals surface area contributed by atoms with E-state index in [1.807, 2.05) is 0 Å². The van der Waals surface area contributed by atoms with Crippen LogP contribution in [-0.2, 0) is 16.7 Å². The zero-order valence-electron chi connectivity index (χ0n) is 9.69. The Kier molecular flexibility index (Phi) is 4.21. The van der Waals surface area contributed by atoms with Gasteiger partial charge in [0.1, 0.15) is 5.75 Å². The molecule has 1 aromatic rings. The number of carbonyl (C=O) groups excluding carboxylic acids is 1. The van der Waals surface area contributed by atoms with Crippen LogP contribution in [-0.4, -0.2) is 19.7 Å². The second kappa shape index (κ2) is 5.17.